The van der Waals surface area contributed by atoms with Crippen LogP contribution in [0, 0.1) is 0 Å². The highest BCUT2D eigenvalue weighted by molar-refractivity contribution is 5.92. The molecular formula is C12H17N3O4. The van der Waals surface area contributed by atoms with Gasteiger partial charge >= 0.3 is 6.09 Å². The quantitative estimate of drug-likeness (QED) is 0.646. The van der Waals surface area contributed by atoms with E-state index in [1.807, 2.05) is 0 Å². The van der Waals surface area contributed by atoms with E-state index >= 15 is 0 Å². The Kier molecular flexibility index (Phi) is 4.38. The Morgan fingerprint density at radius 1 is 1.32 bits per heavy atom. The predicted molar refractivity (Wildman–Crippen MR) is 66.1 cm³/mol. The molecule has 104 valence electrons. The summed E-state index contributed by atoms with van der Waals surface area (Å²) in [6.45, 7) is 0.882. The van der Waals surface area contributed by atoms with E-state index in [2.05, 4.69) is 15.8 Å². The average Bonchev–Trinajstić information content (AvgIpc) is 3.11. The van der Waals surface area contributed by atoms with E-state index in [-0.39, 0.29) is 5.91 Å². The number of carbonyl (C=O) groups is 2. The molecule has 0 unspecified atom stereocenters. The van der Waals surface area contributed by atoms with Gasteiger partial charge in [0.2, 0.25) is 0 Å². The molecule has 2 amide bonds. The van der Waals surface area contributed by atoms with E-state index < -0.39 is 6.09 Å². The lowest BCUT2D eigenvalue weighted by Gasteiger charge is -2.02. The van der Waals surface area contributed by atoms with Crippen molar-refractivity contribution in [3.8, 4) is 0 Å². The highest BCUT2D eigenvalue weighted by Crippen LogP contribution is 2.40. The van der Waals surface area contributed by atoms with Crippen LogP contribution in [0.25, 0.3) is 0 Å². The smallest absolute Gasteiger partial charge is 0.404 e. The van der Waals surface area contributed by atoms with Crippen LogP contribution in [0.4, 0.5) is 4.79 Å². The van der Waals surface area contributed by atoms with Gasteiger partial charge in [-0.1, -0.05) is 5.16 Å². The van der Waals surface area contributed by atoms with Crippen molar-refractivity contribution < 1.29 is 19.2 Å². The Bertz CT molecular complexity index is 454. The Balaban J connectivity index is 1.62. The van der Waals surface area contributed by atoms with Crippen LogP contribution in [0.2, 0.25) is 0 Å². The van der Waals surface area contributed by atoms with Gasteiger partial charge in [-0.25, -0.2) is 4.79 Å². The number of aromatic nitrogens is 1. The zero-order chi connectivity index (χ0) is 13.7. The fraction of sp³-hybridized carbons (Fsp3) is 0.583. The van der Waals surface area contributed by atoms with Crippen molar-refractivity contribution in [1.82, 2.24) is 15.8 Å². The van der Waals surface area contributed by atoms with Crippen LogP contribution in [-0.2, 0) is 0 Å². The third kappa shape index (κ3) is 4.27. The van der Waals surface area contributed by atoms with Gasteiger partial charge in [-0.15, -0.1) is 0 Å². The van der Waals surface area contributed by atoms with Crippen LogP contribution in [-0.4, -0.2) is 35.4 Å². The van der Waals surface area contributed by atoms with Gasteiger partial charge in [0.15, 0.2) is 5.69 Å². The second-order valence-electron chi connectivity index (χ2n) is 4.58. The average molecular weight is 267 g/mol. The molecule has 19 heavy (non-hydrogen) atoms. The molecule has 1 aromatic heterocycles. The first kappa shape index (κ1) is 13.4. The van der Waals surface area contributed by atoms with Gasteiger partial charge in [-0.2, -0.15) is 0 Å². The van der Waals surface area contributed by atoms with Gasteiger partial charge in [-0.3, -0.25) is 4.79 Å². The molecule has 1 aliphatic rings. The predicted octanol–water partition coefficient (Wildman–Crippen LogP) is 1.33. The highest BCUT2D eigenvalue weighted by atomic mass is 16.5. The Morgan fingerprint density at radius 2 is 2.00 bits per heavy atom. The Labute approximate surface area is 110 Å². The van der Waals surface area contributed by atoms with Crippen molar-refractivity contribution in [3.63, 3.8) is 0 Å². The van der Waals surface area contributed by atoms with Crippen molar-refractivity contribution in [3.05, 3.63) is 17.5 Å². The number of rotatable bonds is 7. The number of unbranched alkanes of at least 4 members (excludes halogenated alkanes) is 1. The van der Waals surface area contributed by atoms with Crippen LogP contribution in [0.5, 0.6) is 0 Å². The summed E-state index contributed by atoms with van der Waals surface area (Å²) in [7, 11) is 0. The Morgan fingerprint density at radius 3 is 2.63 bits per heavy atom. The fourth-order valence-corrected chi connectivity index (χ4v) is 1.69. The summed E-state index contributed by atoms with van der Waals surface area (Å²) in [5.41, 5.74) is 0.311. The van der Waals surface area contributed by atoms with Crippen LogP contribution < -0.4 is 10.6 Å². The molecule has 7 nitrogen and oxygen atoms in total. The van der Waals surface area contributed by atoms with E-state index in [4.69, 9.17) is 9.63 Å². The number of hydrogen-bond acceptors (Lipinski definition) is 4. The highest BCUT2D eigenvalue weighted by Gasteiger charge is 2.28. The van der Waals surface area contributed by atoms with Crippen molar-refractivity contribution in [1.29, 1.82) is 0 Å². The molecular weight excluding hydrogens is 250 g/mol. The number of hydrogen-bond donors (Lipinski definition) is 3. The topological polar surface area (TPSA) is 104 Å². The lowest BCUT2D eigenvalue weighted by atomic mass is 10.2. The maximum Gasteiger partial charge on any atom is 0.404 e. The molecule has 1 fully saturated rings. The minimum atomic E-state index is -1.03. The van der Waals surface area contributed by atoms with E-state index in [1.165, 1.54) is 0 Å². The molecule has 1 aliphatic carbocycles. The lowest BCUT2D eigenvalue weighted by molar-refractivity contribution is 0.0943. The number of carboxylic acid groups (broad SMARTS) is 1. The number of nitrogens with one attached hydrogen (secondary N) is 2. The molecule has 0 saturated heterocycles. The van der Waals surface area contributed by atoms with E-state index in [0.717, 1.165) is 18.6 Å². The van der Waals surface area contributed by atoms with Crippen LogP contribution in [0.3, 0.4) is 0 Å². The van der Waals surface area contributed by atoms with Gasteiger partial charge in [0.25, 0.3) is 5.91 Å². The fourth-order valence-electron chi connectivity index (χ4n) is 1.69. The molecule has 7 heteroatoms. The minimum Gasteiger partial charge on any atom is -0.465 e. The summed E-state index contributed by atoms with van der Waals surface area (Å²) < 4.78 is 5.09. The van der Waals surface area contributed by atoms with Crippen LogP contribution in [0.15, 0.2) is 10.6 Å². The lowest BCUT2D eigenvalue weighted by Crippen LogP contribution is -2.26. The first-order chi connectivity index (χ1) is 9.16. The van der Waals surface area contributed by atoms with Gasteiger partial charge in [0.1, 0.15) is 5.76 Å². The molecule has 1 saturated carbocycles. The summed E-state index contributed by atoms with van der Waals surface area (Å²) in [6, 6.07) is 1.69. The van der Waals surface area contributed by atoms with Crippen molar-refractivity contribution in [2.75, 3.05) is 13.1 Å². The van der Waals surface area contributed by atoms with Gasteiger partial charge in [-0.05, 0) is 25.7 Å². The van der Waals surface area contributed by atoms with Crippen LogP contribution in [0.1, 0.15) is 47.8 Å². The normalized spacial score (nSPS) is 14.1. The summed E-state index contributed by atoms with van der Waals surface area (Å²) in [4.78, 5) is 21.9. The molecule has 2 rings (SSSR count). The largest absolute Gasteiger partial charge is 0.465 e. The molecule has 0 spiro atoms. The molecule has 3 N–H and O–H groups in total. The third-order valence-electron chi connectivity index (χ3n) is 2.91. The first-order valence-electron chi connectivity index (χ1n) is 6.38. The number of nitrogens with zero attached hydrogens (tertiary/aromatic N) is 1. The standard InChI is InChI=1S/C12H17N3O4/c16-11(13-5-1-2-6-14-12(17)18)9-7-10(19-15-9)8-3-4-8/h7-8,14H,1-6H2,(H,13,16)(H,17,18). The monoisotopic (exact) mass is 267 g/mol. The maximum absolute atomic E-state index is 11.7. The summed E-state index contributed by atoms with van der Waals surface area (Å²) in [5, 5.41) is 17.1. The maximum atomic E-state index is 11.7. The molecule has 1 heterocycles. The number of amides is 2. The van der Waals surface area contributed by atoms with Crippen molar-refractivity contribution in [2.45, 2.75) is 31.6 Å². The zero-order valence-corrected chi connectivity index (χ0v) is 10.5. The van der Waals surface area contributed by atoms with E-state index in [1.54, 1.807) is 6.07 Å². The SMILES string of the molecule is O=C(O)NCCCCNC(=O)c1cc(C2CC2)on1. The molecule has 1 aromatic rings. The Hall–Kier alpha value is -2.05. The number of carbonyl (C=O) groups excluding carboxylic acids is 1. The molecule has 0 atom stereocenters. The van der Waals surface area contributed by atoms with Crippen molar-refractivity contribution in [2.24, 2.45) is 0 Å². The molecule has 0 aliphatic heterocycles. The summed E-state index contributed by atoms with van der Waals surface area (Å²) >= 11 is 0. The second kappa shape index (κ2) is 6.21. The van der Waals surface area contributed by atoms with E-state index in [0.29, 0.717) is 37.5 Å². The summed E-state index contributed by atoms with van der Waals surface area (Å²) in [6.07, 6.45) is 2.57. The van der Waals surface area contributed by atoms with Gasteiger partial charge < -0.3 is 20.3 Å². The summed E-state index contributed by atoms with van der Waals surface area (Å²) in [5.74, 6) is 0.980. The minimum absolute atomic E-state index is 0.248. The molecule has 0 bridgehead atoms. The molecule has 0 radical (unpaired) electrons. The third-order valence-corrected chi connectivity index (χ3v) is 2.91. The zero-order valence-electron chi connectivity index (χ0n) is 10.5. The van der Waals surface area contributed by atoms with Crippen LogP contribution >= 0.6 is 0 Å². The van der Waals surface area contributed by atoms with E-state index in [9.17, 15) is 9.59 Å². The first-order valence-corrected chi connectivity index (χ1v) is 6.38. The molecule has 0 aromatic carbocycles. The second-order valence-corrected chi connectivity index (χ2v) is 4.58. The van der Waals surface area contributed by atoms with Crippen molar-refractivity contribution >= 4 is 12.0 Å². The van der Waals surface area contributed by atoms with Gasteiger partial charge in [0, 0.05) is 25.1 Å². The van der Waals surface area contributed by atoms with Gasteiger partial charge in [0.05, 0.1) is 0 Å².